The van der Waals surface area contributed by atoms with Crippen LogP contribution in [-0.2, 0) is 9.53 Å². The molecule has 1 saturated carbocycles. The van der Waals surface area contributed by atoms with Crippen LogP contribution in [0.1, 0.15) is 31.2 Å². The maximum absolute atomic E-state index is 11.1. The molecular weight excluding hydrogens is 322 g/mol. The summed E-state index contributed by atoms with van der Waals surface area (Å²) in [5, 5.41) is 13.2. The summed E-state index contributed by atoms with van der Waals surface area (Å²) in [4.78, 5) is 17.6. The fourth-order valence-electron chi connectivity index (χ4n) is 3.54. The van der Waals surface area contributed by atoms with Crippen LogP contribution in [0.3, 0.4) is 0 Å². The topological polar surface area (TPSA) is 88.7 Å². The summed E-state index contributed by atoms with van der Waals surface area (Å²) in [5.41, 5.74) is 1.80. The highest BCUT2D eigenvalue weighted by atomic mass is 16.5. The van der Waals surface area contributed by atoms with Crippen LogP contribution >= 0.6 is 0 Å². The molecule has 132 valence electrons. The number of hydrogen-bond donors (Lipinski definition) is 1. The number of ether oxygens (including phenoxy) is 1. The van der Waals surface area contributed by atoms with Gasteiger partial charge in [-0.2, -0.15) is 4.98 Å². The van der Waals surface area contributed by atoms with Gasteiger partial charge in [0, 0.05) is 12.1 Å². The van der Waals surface area contributed by atoms with Gasteiger partial charge in [0.05, 0.1) is 24.7 Å². The van der Waals surface area contributed by atoms with Crippen LogP contribution in [0.15, 0.2) is 28.8 Å². The molecule has 1 spiro atoms. The molecule has 7 nitrogen and oxygen atoms in total. The summed E-state index contributed by atoms with van der Waals surface area (Å²) in [6.45, 7) is 3.14. The van der Waals surface area contributed by atoms with Gasteiger partial charge in [-0.1, -0.05) is 35.0 Å². The number of carbonyl (C=O) groups is 1. The zero-order valence-electron chi connectivity index (χ0n) is 14.1. The fourth-order valence-corrected chi connectivity index (χ4v) is 3.54. The van der Waals surface area contributed by atoms with E-state index in [-0.39, 0.29) is 18.1 Å². The number of nitrogens with zero attached hydrogens (tertiary/aromatic N) is 3. The van der Waals surface area contributed by atoms with E-state index in [1.165, 1.54) is 5.56 Å². The van der Waals surface area contributed by atoms with Crippen LogP contribution in [0.5, 0.6) is 0 Å². The lowest BCUT2D eigenvalue weighted by Gasteiger charge is -2.50. The Kier molecular flexibility index (Phi) is 3.95. The lowest BCUT2D eigenvalue weighted by molar-refractivity contribution is -0.163. The average molecular weight is 343 g/mol. The first kappa shape index (κ1) is 16.1. The number of benzene rings is 1. The molecule has 1 aromatic heterocycles. The highest BCUT2D eigenvalue weighted by Gasteiger charge is 2.46. The molecule has 1 aromatic carbocycles. The molecule has 1 atom stereocenters. The van der Waals surface area contributed by atoms with Crippen LogP contribution in [0.25, 0.3) is 11.4 Å². The van der Waals surface area contributed by atoms with E-state index in [1.54, 1.807) is 0 Å². The smallest absolute Gasteiger partial charge is 0.324 e. The maximum atomic E-state index is 11.1. The molecule has 7 heteroatoms. The zero-order chi connectivity index (χ0) is 17.4. The third-order valence-corrected chi connectivity index (χ3v) is 4.98. The van der Waals surface area contributed by atoms with Gasteiger partial charge < -0.3 is 19.3 Å². The molecule has 1 unspecified atom stereocenters. The summed E-state index contributed by atoms with van der Waals surface area (Å²) in [6, 6.07) is 8.37. The number of aliphatic carboxylic acids is 1. The Morgan fingerprint density at radius 2 is 2.12 bits per heavy atom. The SMILES string of the molecule is Cc1ccc(-c2noc(N3CC(CC(=O)O)OC4(CCC4)C3)n2)cc1. The molecule has 25 heavy (non-hydrogen) atoms. The highest BCUT2D eigenvalue weighted by Crippen LogP contribution is 2.41. The third kappa shape index (κ3) is 3.24. The number of rotatable bonds is 4. The van der Waals surface area contributed by atoms with Crippen LogP contribution in [-0.4, -0.2) is 46.0 Å². The largest absolute Gasteiger partial charge is 0.481 e. The Morgan fingerprint density at radius 3 is 2.76 bits per heavy atom. The molecule has 2 aromatic rings. The van der Waals surface area contributed by atoms with Gasteiger partial charge in [-0.3, -0.25) is 4.79 Å². The molecular formula is C18H21N3O4. The number of hydrogen-bond acceptors (Lipinski definition) is 6. The van der Waals surface area contributed by atoms with E-state index < -0.39 is 5.97 Å². The van der Waals surface area contributed by atoms with Gasteiger partial charge in [0.25, 0.3) is 0 Å². The lowest BCUT2D eigenvalue weighted by atomic mass is 9.78. The molecule has 1 aliphatic heterocycles. The van der Waals surface area contributed by atoms with E-state index in [0.717, 1.165) is 24.8 Å². The number of aryl methyl sites for hydroxylation is 1. The van der Waals surface area contributed by atoms with Crippen LogP contribution in [0, 0.1) is 6.92 Å². The Hall–Kier alpha value is -2.41. The Bertz CT molecular complexity index is 767. The number of anilines is 1. The first-order chi connectivity index (χ1) is 12.0. The second-order valence-electron chi connectivity index (χ2n) is 7.02. The molecule has 1 aliphatic carbocycles. The normalized spacial score (nSPS) is 22.0. The number of aromatic nitrogens is 2. The summed E-state index contributed by atoms with van der Waals surface area (Å²) < 4.78 is 11.5. The van der Waals surface area contributed by atoms with Crippen LogP contribution in [0.2, 0.25) is 0 Å². The maximum Gasteiger partial charge on any atom is 0.324 e. The summed E-state index contributed by atoms with van der Waals surface area (Å²) in [6.07, 6.45) is 2.61. The van der Waals surface area contributed by atoms with Crippen molar-refractivity contribution in [2.24, 2.45) is 0 Å². The molecule has 2 fully saturated rings. The predicted octanol–water partition coefficient (Wildman–Crippen LogP) is 2.65. The lowest BCUT2D eigenvalue weighted by Crippen LogP contribution is -2.59. The number of carboxylic acid groups (broad SMARTS) is 1. The van der Waals surface area contributed by atoms with Crippen molar-refractivity contribution in [2.75, 3.05) is 18.0 Å². The number of morpholine rings is 1. The van der Waals surface area contributed by atoms with Gasteiger partial charge in [0.15, 0.2) is 0 Å². The number of carboxylic acids is 1. The van der Waals surface area contributed by atoms with Crippen molar-refractivity contribution in [3.05, 3.63) is 29.8 Å². The molecule has 0 bridgehead atoms. The van der Waals surface area contributed by atoms with Crippen molar-refractivity contribution in [3.8, 4) is 11.4 Å². The Labute approximate surface area is 145 Å². The molecule has 0 amide bonds. The summed E-state index contributed by atoms with van der Waals surface area (Å²) in [5.74, 6) is -0.314. The second kappa shape index (κ2) is 6.15. The molecule has 0 radical (unpaired) electrons. The fraction of sp³-hybridized carbons (Fsp3) is 0.500. The minimum atomic E-state index is -0.854. The van der Waals surface area contributed by atoms with Crippen molar-refractivity contribution in [1.29, 1.82) is 0 Å². The minimum Gasteiger partial charge on any atom is -0.481 e. The zero-order valence-corrected chi connectivity index (χ0v) is 14.1. The average Bonchev–Trinajstić information content (AvgIpc) is 3.03. The van der Waals surface area contributed by atoms with Crippen molar-refractivity contribution in [3.63, 3.8) is 0 Å². The molecule has 2 heterocycles. The van der Waals surface area contributed by atoms with Crippen molar-refractivity contribution < 1.29 is 19.2 Å². The van der Waals surface area contributed by atoms with E-state index in [1.807, 2.05) is 36.1 Å². The van der Waals surface area contributed by atoms with Gasteiger partial charge in [-0.25, -0.2) is 0 Å². The van der Waals surface area contributed by atoms with E-state index in [0.29, 0.717) is 24.9 Å². The summed E-state index contributed by atoms with van der Waals surface area (Å²) in [7, 11) is 0. The Morgan fingerprint density at radius 1 is 1.36 bits per heavy atom. The van der Waals surface area contributed by atoms with Gasteiger partial charge in [0.1, 0.15) is 0 Å². The van der Waals surface area contributed by atoms with Crippen molar-refractivity contribution in [1.82, 2.24) is 10.1 Å². The van der Waals surface area contributed by atoms with E-state index in [4.69, 9.17) is 14.4 Å². The van der Waals surface area contributed by atoms with E-state index >= 15 is 0 Å². The first-order valence-electron chi connectivity index (χ1n) is 8.58. The molecule has 2 aliphatic rings. The molecule has 4 rings (SSSR count). The highest BCUT2D eigenvalue weighted by molar-refractivity contribution is 5.67. The summed E-state index contributed by atoms with van der Waals surface area (Å²) >= 11 is 0. The van der Waals surface area contributed by atoms with Gasteiger partial charge in [0.2, 0.25) is 5.82 Å². The standard InChI is InChI=1S/C18H21N3O4/c1-12-3-5-13(6-4-12)16-19-17(25-20-16)21-10-14(9-15(22)23)24-18(11-21)7-2-8-18/h3-6,14H,2,7-11H2,1H3,(H,22,23). The third-order valence-electron chi connectivity index (χ3n) is 4.98. The predicted molar refractivity (Wildman–Crippen MR) is 90.4 cm³/mol. The van der Waals surface area contributed by atoms with E-state index in [2.05, 4.69) is 10.1 Å². The van der Waals surface area contributed by atoms with Gasteiger partial charge in [-0.05, 0) is 26.2 Å². The molecule has 1 N–H and O–H groups in total. The van der Waals surface area contributed by atoms with Crippen molar-refractivity contribution >= 4 is 12.0 Å². The van der Waals surface area contributed by atoms with Crippen LogP contribution < -0.4 is 4.90 Å². The Balaban J connectivity index is 1.55. The van der Waals surface area contributed by atoms with Crippen molar-refractivity contribution in [2.45, 2.75) is 44.3 Å². The van der Waals surface area contributed by atoms with E-state index in [9.17, 15) is 4.79 Å². The van der Waals surface area contributed by atoms with Crippen LogP contribution in [0.4, 0.5) is 6.01 Å². The second-order valence-corrected chi connectivity index (χ2v) is 7.02. The molecule has 1 saturated heterocycles. The monoisotopic (exact) mass is 343 g/mol. The quantitative estimate of drug-likeness (QED) is 0.913. The first-order valence-corrected chi connectivity index (χ1v) is 8.58. The van der Waals surface area contributed by atoms with Gasteiger partial charge >= 0.3 is 12.0 Å². The minimum absolute atomic E-state index is 0.0167. The van der Waals surface area contributed by atoms with Gasteiger partial charge in [-0.15, -0.1) is 0 Å².